The number of methoxy groups -OCH3 is 1. The lowest BCUT2D eigenvalue weighted by Crippen LogP contribution is -2.15. The molecule has 0 saturated heterocycles. The van der Waals surface area contributed by atoms with Crippen LogP contribution in [0.25, 0.3) is 0 Å². The summed E-state index contributed by atoms with van der Waals surface area (Å²) >= 11 is 3.44. The predicted octanol–water partition coefficient (Wildman–Crippen LogP) is 4.15. The van der Waals surface area contributed by atoms with E-state index in [0.29, 0.717) is 22.6 Å². The van der Waals surface area contributed by atoms with Crippen LogP contribution in [0, 0.1) is 6.92 Å². The summed E-state index contributed by atoms with van der Waals surface area (Å²) in [6.07, 6.45) is 1.67. The minimum atomic E-state index is -0.436. The molecule has 0 aliphatic carbocycles. The van der Waals surface area contributed by atoms with E-state index in [1.807, 2.05) is 37.3 Å². The van der Waals surface area contributed by atoms with Crippen molar-refractivity contribution in [2.24, 2.45) is 5.10 Å². The van der Waals surface area contributed by atoms with Crippen LogP contribution in [0.4, 0.5) is 5.69 Å². The fourth-order valence-electron chi connectivity index (χ4n) is 2.18. The number of halogens is 1. The lowest BCUT2D eigenvalue weighted by atomic mass is 10.2. The number of nitrogens with zero attached hydrogens (tertiary/aromatic N) is 1. The maximum absolute atomic E-state index is 11.5. The molecular formula is C19H21BrN2O4. The van der Waals surface area contributed by atoms with Crippen LogP contribution in [0.15, 0.2) is 46.0 Å². The van der Waals surface area contributed by atoms with E-state index < -0.39 is 5.97 Å². The zero-order valence-electron chi connectivity index (χ0n) is 14.9. The molecule has 0 radical (unpaired) electrons. The summed E-state index contributed by atoms with van der Waals surface area (Å²) in [6, 6.07) is 11.5. The van der Waals surface area contributed by atoms with Crippen molar-refractivity contribution in [3.8, 4) is 11.5 Å². The third kappa shape index (κ3) is 5.77. The molecule has 138 valence electrons. The molecule has 0 aromatic heterocycles. The van der Waals surface area contributed by atoms with Crippen molar-refractivity contribution in [3.63, 3.8) is 0 Å². The standard InChI is InChI=1S/C19H21BrN2O4/c1-4-25-18(23)12-26-19-16(20)9-14(10-17(19)24-3)11-21-22-15-7-5-6-13(2)8-15/h5-11,22H,4,12H2,1-3H3/b21-11+. The predicted molar refractivity (Wildman–Crippen MR) is 105 cm³/mol. The van der Waals surface area contributed by atoms with Crippen molar-refractivity contribution in [1.29, 1.82) is 0 Å². The van der Waals surface area contributed by atoms with E-state index in [1.54, 1.807) is 19.2 Å². The van der Waals surface area contributed by atoms with Crippen molar-refractivity contribution >= 4 is 33.8 Å². The third-order valence-electron chi connectivity index (χ3n) is 3.32. The van der Waals surface area contributed by atoms with E-state index in [-0.39, 0.29) is 6.61 Å². The number of aryl methyl sites for hydroxylation is 1. The number of hydrazone groups is 1. The van der Waals surface area contributed by atoms with Gasteiger partial charge in [0.1, 0.15) is 0 Å². The molecule has 1 N–H and O–H groups in total. The van der Waals surface area contributed by atoms with E-state index in [4.69, 9.17) is 14.2 Å². The Balaban J connectivity index is 2.09. The van der Waals surface area contributed by atoms with Crippen LogP contribution in [0.5, 0.6) is 11.5 Å². The topological polar surface area (TPSA) is 69.2 Å². The second-order valence-electron chi connectivity index (χ2n) is 5.37. The molecule has 0 saturated carbocycles. The van der Waals surface area contributed by atoms with Crippen molar-refractivity contribution in [2.45, 2.75) is 13.8 Å². The summed E-state index contributed by atoms with van der Waals surface area (Å²) in [5, 5.41) is 4.23. The van der Waals surface area contributed by atoms with Crippen LogP contribution < -0.4 is 14.9 Å². The minimum Gasteiger partial charge on any atom is -0.493 e. The summed E-state index contributed by atoms with van der Waals surface area (Å²) in [7, 11) is 1.53. The molecule has 2 aromatic carbocycles. The number of ether oxygens (including phenoxy) is 3. The molecule has 0 aliphatic rings. The van der Waals surface area contributed by atoms with Gasteiger partial charge in [-0.2, -0.15) is 5.10 Å². The zero-order valence-corrected chi connectivity index (χ0v) is 16.5. The van der Waals surface area contributed by atoms with Crippen LogP contribution in [-0.2, 0) is 9.53 Å². The number of anilines is 1. The number of benzene rings is 2. The Labute approximate surface area is 161 Å². The molecule has 0 unspecified atom stereocenters. The van der Waals surface area contributed by atoms with E-state index in [1.165, 1.54) is 7.11 Å². The normalized spacial score (nSPS) is 10.6. The summed E-state index contributed by atoms with van der Waals surface area (Å²) in [5.74, 6) is 0.486. The number of hydrogen-bond donors (Lipinski definition) is 1. The highest BCUT2D eigenvalue weighted by Gasteiger charge is 2.13. The van der Waals surface area contributed by atoms with E-state index >= 15 is 0 Å². The van der Waals surface area contributed by atoms with Crippen LogP contribution in [0.3, 0.4) is 0 Å². The first kappa shape index (κ1) is 19.8. The average Bonchev–Trinajstić information content (AvgIpc) is 2.60. The lowest BCUT2D eigenvalue weighted by Gasteiger charge is -2.13. The van der Waals surface area contributed by atoms with Gasteiger partial charge in [-0.05, 0) is 65.2 Å². The van der Waals surface area contributed by atoms with Gasteiger partial charge >= 0.3 is 5.97 Å². The SMILES string of the molecule is CCOC(=O)COc1c(Br)cc(/C=N/Nc2cccc(C)c2)cc1OC. The lowest BCUT2D eigenvalue weighted by molar-refractivity contribution is -0.145. The molecule has 6 nitrogen and oxygen atoms in total. The Hall–Kier alpha value is -2.54. The fraction of sp³-hybridized carbons (Fsp3) is 0.263. The van der Waals surface area contributed by atoms with Crippen LogP contribution in [-0.4, -0.2) is 32.5 Å². The number of hydrogen-bond acceptors (Lipinski definition) is 6. The summed E-state index contributed by atoms with van der Waals surface area (Å²) in [5.41, 5.74) is 5.84. The average molecular weight is 421 g/mol. The van der Waals surface area contributed by atoms with Crippen LogP contribution in [0.2, 0.25) is 0 Å². The molecule has 26 heavy (non-hydrogen) atoms. The maximum Gasteiger partial charge on any atom is 0.344 e. The number of esters is 1. The monoisotopic (exact) mass is 420 g/mol. The van der Waals surface area contributed by atoms with Crippen molar-refractivity contribution in [3.05, 3.63) is 52.0 Å². The summed E-state index contributed by atoms with van der Waals surface area (Å²) in [6.45, 7) is 3.88. The largest absolute Gasteiger partial charge is 0.493 e. The minimum absolute atomic E-state index is 0.189. The molecule has 0 aliphatic heterocycles. The zero-order chi connectivity index (χ0) is 18.9. The second-order valence-corrected chi connectivity index (χ2v) is 6.22. The molecule has 0 amide bonds. The van der Waals surface area contributed by atoms with Gasteiger partial charge in [0.05, 0.1) is 30.1 Å². The smallest absolute Gasteiger partial charge is 0.344 e. The Morgan fingerprint density at radius 3 is 2.81 bits per heavy atom. The molecule has 2 aromatic rings. The van der Waals surface area contributed by atoms with Crippen LogP contribution >= 0.6 is 15.9 Å². The van der Waals surface area contributed by atoms with Gasteiger partial charge in [0.2, 0.25) is 0 Å². The first-order chi connectivity index (χ1) is 12.5. The quantitative estimate of drug-likeness (QED) is 0.394. The van der Waals surface area contributed by atoms with E-state index in [0.717, 1.165) is 16.8 Å². The number of nitrogens with one attached hydrogen (secondary N) is 1. The third-order valence-corrected chi connectivity index (χ3v) is 3.91. The van der Waals surface area contributed by atoms with Gasteiger partial charge < -0.3 is 14.2 Å². The summed E-state index contributed by atoms with van der Waals surface area (Å²) < 4.78 is 16.4. The van der Waals surface area contributed by atoms with E-state index in [2.05, 4.69) is 26.5 Å². The molecule has 0 fully saturated rings. The number of carbonyl (C=O) groups excluding carboxylic acids is 1. The van der Waals surface area contributed by atoms with Crippen molar-refractivity contribution in [1.82, 2.24) is 0 Å². The first-order valence-corrected chi connectivity index (χ1v) is 8.84. The van der Waals surface area contributed by atoms with Gasteiger partial charge in [-0.15, -0.1) is 0 Å². The molecule has 7 heteroatoms. The summed E-state index contributed by atoms with van der Waals surface area (Å²) in [4.78, 5) is 11.5. The Kier molecular flexibility index (Phi) is 7.47. The highest BCUT2D eigenvalue weighted by Crippen LogP contribution is 2.36. The van der Waals surface area contributed by atoms with Gasteiger partial charge in [-0.1, -0.05) is 12.1 Å². The molecule has 2 rings (SSSR count). The van der Waals surface area contributed by atoms with E-state index in [9.17, 15) is 4.79 Å². The second kappa shape index (κ2) is 9.82. The number of rotatable bonds is 8. The fourth-order valence-corrected chi connectivity index (χ4v) is 2.76. The Bertz CT molecular complexity index is 793. The van der Waals surface area contributed by atoms with Gasteiger partial charge in [0, 0.05) is 0 Å². The highest BCUT2D eigenvalue weighted by molar-refractivity contribution is 9.10. The molecule has 0 bridgehead atoms. The Morgan fingerprint density at radius 1 is 1.31 bits per heavy atom. The van der Waals surface area contributed by atoms with Gasteiger partial charge in [-0.3, -0.25) is 5.43 Å². The van der Waals surface area contributed by atoms with Crippen LogP contribution in [0.1, 0.15) is 18.1 Å². The molecule has 0 heterocycles. The van der Waals surface area contributed by atoms with Gasteiger partial charge in [-0.25, -0.2) is 4.79 Å². The highest BCUT2D eigenvalue weighted by atomic mass is 79.9. The van der Waals surface area contributed by atoms with Crippen molar-refractivity contribution in [2.75, 3.05) is 25.7 Å². The van der Waals surface area contributed by atoms with Gasteiger partial charge in [0.25, 0.3) is 0 Å². The molecule has 0 spiro atoms. The molecular weight excluding hydrogens is 400 g/mol. The first-order valence-electron chi connectivity index (χ1n) is 8.05. The maximum atomic E-state index is 11.5. The molecule has 0 atom stereocenters. The Morgan fingerprint density at radius 2 is 2.12 bits per heavy atom. The van der Waals surface area contributed by atoms with Gasteiger partial charge in [0.15, 0.2) is 18.1 Å². The number of carbonyl (C=O) groups is 1. The van der Waals surface area contributed by atoms with Crippen molar-refractivity contribution < 1.29 is 19.0 Å².